The van der Waals surface area contributed by atoms with Crippen LogP contribution in [0.5, 0.6) is 0 Å². The van der Waals surface area contributed by atoms with E-state index >= 15 is 0 Å². The van der Waals surface area contributed by atoms with Gasteiger partial charge in [-0.2, -0.15) is 0 Å². The minimum atomic E-state index is -0.201. The van der Waals surface area contributed by atoms with E-state index in [2.05, 4.69) is 0 Å². The largest absolute Gasteiger partial charge is 0.301 e. The number of amides is 1. The molecule has 1 aliphatic rings. The lowest BCUT2D eigenvalue weighted by molar-refractivity contribution is -0.124. The summed E-state index contributed by atoms with van der Waals surface area (Å²) < 4.78 is 0.431. The van der Waals surface area contributed by atoms with Gasteiger partial charge >= 0.3 is 0 Å². The molecule has 1 saturated heterocycles. The molecule has 1 fully saturated rings. The van der Waals surface area contributed by atoms with Crippen LogP contribution < -0.4 is 0 Å². The highest BCUT2D eigenvalue weighted by Crippen LogP contribution is 2.31. The van der Waals surface area contributed by atoms with Crippen LogP contribution in [0.4, 0.5) is 0 Å². The van der Waals surface area contributed by atoms with Crippen LogP contribution in [0.1, 0.15) is 12.5 Å². The molecule has 0 bridgehead atoms. The molecule has 102 valence electrons. The lowest BCUT2D eigenvalue weighted by Gasteiger charge is -2.08. The quantitative estimate of drug-likeness (QED) is 0.487. The molecule has 0 aliphatic carbocycles. The van der Waals surface area contributed by atoms with Crippen molar-refractivity contribution in [2.45, 2.75) is 6.92 Å². The van der Waals surface area contributed by atoms with E-state index in [0.717, 1.165) is 11.1 Å². The molecule has 3 nitrogen and oxygen atoms in total. The number of hydrogen-bond acceptors (Lipinski definition) is 4. The van der Waals surface area contributed by atoms with Crippen molar-refractivity contribution in [2.24, 2.45) is 0 Å². The molecule has 1 heterocycles. The Morgan fingerprint density at radius 1 is 1.35 bits per heavy atom. The van der Waals surface area contributed by atoms with E-state index in [1.54, 1.807) is 6.08 Å². The third kappa shape index (κ3) is 3.43. The third-order valence-electron chi connectivity index (χ3n) is 2.68. The van der Waals surface area contributed by atoms with E-state index in [1.807, 2.05) is 43.3 Å². The number of aldehydes is 1. The monoisotopic (exact) mass is 303 g/mol. The number of carbonyl (C=O) groups is 2. The van der Waals surface area contributed by atoms with Gasteiger partial charge < -0.3 is 4.79 Å². The fraction of sp³-hybridized carbons (Fsp3) is 0.133. The molecule has 1 aliphatic heterocycles. The fourth-order valence-corrected chi connectivity index (χ4v) is 3.12. The van der Waals surface area contributed by atoms with E-state index in [1.165, 1.54) is 16.7 Å². The molecule has 0 saturated carbocycles. The van der Waals surface area contributed by atoms with Crippen molar-refractivity contribution in [2.75, 3.05) is 6.54 Å². The molecule has 20 heavy (non-hydrogen) atoms. The minimum Gasteiger partial charge on any atom is -0.301 e. The van der Waals surface area contributed by atoms with Crippen LogP contribution in [-0.2, 0) is 9.59 Å². The summed E-state index contributed by atoms with van der Waals surface area (Å²) in [4.78, 5) is 24.5. The first-order chi connectivity index (χ1) is 9.61. The second-order valence-electron chi connectivity index (χ2n) is 4.26. The summed E-state index contributed by atoms with van der Waals surface area (Å²) in [5, 5.41) is 0. The maximum atomic E-state index is 12.1. The SMILES string of the molecule is CC(/C=C1\SC(=S)N(CC=O)C1=O)=C\c1ccccc1. The molecule has 1 aromatic rings. The number of thiocarbonyl (C=S) groups is 1. The van der Waals surface area contributed by atoms with Crippen molar-refractivity contribution >= 4 is 46.6 Å². The third-order valence-corrected chi connectivity index (χ3v) is 4.06. The summed E-state index contributed by atoms with van der Waals surface area (Å²) in [7, 11) is 0. The molecule has 0 radical (unpaired) electrons. The van der Waals surface area contributed by atoms with Crippen molar-refractivity contribution in [1.29, 1.82) is 0 Å². The van der Waals surface area contributed by atoms with Crippen molar-refractivity contribution in [3.63, 3.8) is 0 Å². The first kappa shape index (κ1) is 14.7. The molecule has 0 atom stereocenters. The first-order valence-electron chi connectivity index (χ1n) is 6.04. The highest BCUT2D eigenvalue weighted by molar-refractivity contribution is 8.26. The predicted octanol–water partition coefficient (Wildman–Crippen LogP) is 3.03. The summed E-state index contributed by atoms with van der Waals surface area (Å²) in [6, 6.07) is 9.87. The van der Waals surface area contributed by atoms with Crippen LogP contribution in [0.3, 0.4) is 0 Å². The maximum absolute atomic E-state index is 12.1. The number of thioether (sulfide) groups is 1. The van der Waals surface area contributed by atoms with Gasteiger partial charge in [-0.1, -0.05) is 60.4 Å². The minimum absolute atomic E-state index is 0.0173. The van der Waals surface area contributed by atoms with Crippen LogP contribution >= 0.6 is 24.0 Å². The Morgan fingerprint density at radius 3 is 2.70 bits per heavy atom. The Hall–Kier alpha value is -1.72. The lowest BCUT2D eigenvalue weighted by atomic mass is 10.1. The molecule has 1 amide bonds. The molecule has 5 heteroatoms. The highest BCUT2D eigenvalue weighted by atomic mass is 32.2. The Bertz CT molecular complexity index is 606. The number of rotatable bonds is 4. The number of carbonyl (C=O) groups excluding carboxylic acids is 2. The van der Waals surface area contributed by atoms with Gasteiger partial charge in [0.2, 0.25) is 0 Å². The van der Waals surface area contributed by atoms with Gasteiger partial charge in [0.05, 0.1) is 11.4 Å². The summed E-state index contributed by atoms with van der Waals surface area (Å²) in [5.74, 6) is -0.201. The van der Waals surface area contributed by atoms with Crippen molar-refractivity contribution in [3.8, 4) is 0 Å². The van der Waals surface area contributed by atoms with Crippen LogP contribution in [0.25, 0.3) is 6.08 Å². The topological polar surface area (TPSA) is 37.4 Å². The van der Waals surface area contributed by atoms with Gasteiger partial charge in [-0.25, -0.2) is 0 Å². The Kier molecular flexibility index (Phi) is 4.87. The zero-order chi connectivity index (χ0) is 14.5. The van der Waals surface area contributed by atoms with Gasteiger partial charge in [-0.3, -0.25) is 9.69 Å². The molecule has 0 spiro atoms. The Morgan fingerprint density at radius 2 is 2.05 bits per heavy atom. The molecular weight excluding hydrogens is 290 g/mol. The lowest BCUT2D eigenvalue weighted by Crippen LogP contribution is -2.29. The summed E-state index contributed by atoms with van der Waals surface area (Å²) in [6.45, 7) is 1.95. The molecule has 1 aromatic carbocycles. The van der Waals surface area contributed by atoms with Gasteiger partial charge in [0, 0.05) is 0 Å². The number of benzene rings is 1. The van der Waals surface area contributed by atoms with Crippen molar-refractivity contribution in [1.82, 2.24) is 4.90 Å². The predicted molar refractivity (Wildman–Crippen MR) is 86.1 cm³/mol. The summed E-state index contributed by atoms with van der Waals surface area (Å²) in [6.07, 6.45) is 4.48. The Labute approximate surface area is 127 Å². The van der Waals surface area contributed by atoms with E-state index < -0.39 is 0 Å². The normalized spacial score (nSPS) is 17.9. The van der Waals surface area contributed by atoms with Gasteiger partial charge in [0.25, 0.3) is 5.91 Å². The summed E-state index contributed by atoms with van der Waals surface area (Å²) >= 11 is 6.32. The zero-order valence-corrected chi connectivity index (χ0v) is 12.5. The van der Waals surface area contributed by atoms with E-state index in [4.69, 9.17) is 12.2 Å². The van der Waals surface area contributed by atoms with Gasteiger partial charge in [-0.05, 0) is 24.1 Å². The molecule has 0 aromatic heterocycles. The fourth-order valence-electron chi connectivity index (χ4n) is 1.79. The smallest absolute Gasteiger partial charge is 0.266 e. The molecule has 2 rings (SSSR count). The summed E-state index contributed by atoms with van der Waals surface area (Å²) in [5.41, 5.74) is 2.03. The van der Waals surface area contributed by atoms with Crippen molar-refractivity contribution in [3.05, 3.63) is 52.4 Å². The number of nitrogens with zero attached hydrogens (tertiary/aromatic N) is 1. The van der Waals surface area contributed by atoms with Crippen LogP contribution in [0.2, 0.25) is 0 Å². The molecule has 0 unspecified atom stereocenters. The maximum Gasteiger partial charge on any atom is 0.266 e. The van der Waals surface area contributed by atoms with Crippen LogP contribution in [0.15, 0.2) is 46.9 Å². The average Bonchev–Trinajstić information content (AvgIpc) is 2.68. The number of allylic oxidation sites excluding steroid dienone is 2. The van der Waals surface area contributed by atoms with E-state index in [0.29, 0.717) is 15.5 Å². The standard InChI is InChI=1S/C15H13NO2S2/c1-11(9-12-5-3-2-4-6-12)10-13-14(18)16(7-8-17)15(19)20-13/h2-6,8-10H,7H2,1H3/b11-9+,13-10-. The zero-order valence-electron chi connectivity index (χ0n) is 10.9. The average molecular weight is 303 g/mol. The van der Waals surface area contributed by atoms with Crippen LogP contribution in [-0.4, -0.2) is 28.0 Å². The van der Waals surface area contributed by atoms with E-state index in [-0.39, 0.29) is 12.5 Å². The highest BCUT2D eigenvalue weighted by Gasteiger charge is 2.31. The van der Waals surface area contributed by atoms with Gasteiger partial charge in [0.1, 0.15) is 10.6 Å². The van der Waals surface area contributed by atoms with Crippen LogP contribution in [0, 0.1) is 0 Å². The van der Waals surface area contributed by atoms with Gasteiger partial charge in [-0.15, -0.1) is 0 Å². The van der Waals surface area contributed by atoms with Gasteiger partial charge in [0.15, 0.2) is 0 Å². The first-order valence-corrected chi connectivity index (χ1v) is 7.26. The Balaban J connectivity index is 2.19. The number of hydrogen-bond donors (Lipinski definition) is 0. The second-order valence-corrected chi connectivity index (χ2v) is 5.93. The van der Waals surface area contributed by atoms with E-state index in [9.17, 15) is 9.59 Å². The molecule has 0 N–H and O–H groups in total. The second kappa shape index (κ2) is 6.63. The van der Waals surface area contributed by atoms with Crippen molar-refractivity contribution < 1.29 is 9.59 Å². The molecular formula is C15H13NO2S2.